The van der Waals surface area contributed by atoms with Gasteiger partial charge < -0.3 is 5.11 Å². The summed E-state index contributed by atoms with van der Waals surface area (Å²) in [4.78, 5) is 17.6. The molecule has 0 fully saturated rings. The molecule has 1 rings (SSSR count). The minimum absolute atomic E-state index is 0.336. The minimum atomic E-state index is -0.538. The number of hydrogen-bond donors (Lipinski definition) is 1. The van der Waals surface area contributed by atoms with Crippen molar-refractivity contribution >= 4 is 11.8 Å². The zero-order valence-electron chi connectivity index (χ0n) is 5.81. The van der Waals surface area contributed by atoms with E-state index in [0.717, 1.165) is 11.8 Å². The van der Waals surface area contributed by atoms with Gasteiger partial charge in [-0.15, -0.1) is 4.98 Å². The van der Waals surface area contributed by atoms with Gasteiger partial charge in [0.1, 0.15) is 0 Å². The number of hydrogen-bond acceptors (Lipinski definition) is 5. The molecule has 0 aliphatic heterocycles. The first-order valence-electron chi connectivity index (χ1n) is 2.71. The molecule has 0 unspecified atom stereocenters. The molecule has 0 aliphatic carbocycles. The Labute approximate surface area is 67.1 Å². The van der Waals surface area contributed by atoms with E-state index in [1.54, 1.807) is 0 Å². The smallest absolute Gasteiger partial charge is 0.353 e. The van der Waals surface area contributed by atoms with Crippen LogP contribution in [0.1, 0.15) is 0 Å². The highest BCUT2D eigenvalue weighted by atomic mass is 32.2. The van der Waals surface area contributed by atoms with Gasteiger partial charge in [0.2, 0.25) is 0 Å². The van der Waals surface area contributed by atoms with Crippen LogP contribution in [-0.2, 0) is 7.05 Å². The van der Waals surface area contributed by atoms with Crippen molar-refractivity contribution in [1.29, 1.82) is 0 Å². The Bertz CT molecular complexity index is 322. The largest absolute Gasteiger partial charge is 0.479 e. The van der Waals surface area contributed by atoms with E-state index in [-0.39, 0.29) is 0 Å². The van der Waals surface area contributed by atoms with Crippen LogP contribution in [0.4, 0.5) is 0 Å². The fourth-order valence-corrected chi connectivity index (χ4v) is 0.975. The SMILES string of the molecule is [CH2]Sc1nc(O)nc(=O)n1C. The lowest BCUT2D eigenvalue weighted by Gasteiger charge is -2.00. The van der Waals surface area contributed by atoms with Crippen molar-refractivity contribution in [1.82, 2.24) is 14.5 Å². The number of nitrogens with zero attached hydrogens (tertiary/aromatic N) is 3. The summed E-state index contributed by atoms with van der Waals surface area (Å²) in [6, 6.07) is -0.515. The lowest BCUT2D eigenvalue weighted by molar-refractivity contribution is 0.408. The molecule has 0 aliphatic rings. The maximum Gasteiger partial charge on any atom is 0.353 e. The summed E-state index contributed by atoms with van der Waals surface area (Å²) in [6.45, 7) is 0. The minimum Gasteiger partial charge on any atom is -0.479 e. The summed E-state index contributed by atoms with van der Waals surface area (Å²) in [5.41, 5.74) is -0.538. The van der Waals surface area contributed by atoms with E-state index in [1.807, 2.05) is 0 Å². The number of aromatic hydroxyl groups is 1. The van der Waals surface area contributed by atoms with Crippen molar-refractivity contribution in [3.8, 4) is 6.01 Å². The highest BCUT2D eigenvalue weighted by molar-refractivity contribution is 8.00. The Morgan fingerprint density at radius 1 is 1.64 bits per heavy atom. The molecule has 5 nitrogen and oxygen atoms in total. The molecule has 0 bridgehead atoms. The van der Waals surface area contributed by atoms with E-state index < -0.39 is 11.7 Å². The van der Waals surface area contributed by atoms with Gasteiger partial charge in [-0.25, -0.2) is 4.79 Å². The van der Waals surface area contributed by atoms with Crippen LogP contribution < -0.4 is 5.69 Å². The Morgan fingerprint density at radius 2 is 2.27 bits per heavy atom. The first-order chi connectivity index (χ1) is 5.15. The summed E-state index contributed by atoms with van der Waals surface area (Å²) < 4.78 is 1.21. The fourth-order valence-electron chi connectivity index (χ4n) is 0.557. The van der Waals surface area contributed by atoms with Crippen molar-refractivity contribution in [2.75, 3.05) is 0 Å². The van der Waals surface area contributed by atoms with E-state index >= 15 is 0 Å². The zero-order chi connectivity index (χ0) is 8.43. The molecule has 6 heteroatoms. The predicted octanol–water partition coefficient (Wildman–Crippen LogP) is -0.235. The number of aromatic nitrogens is 3. The Hall–Kier alpha value is -1.04. The molecule has 0 saturated carbocycles. The lowest BCUT2D eigenvalue weighted by Crippen LogP contribution is -2.21. The zero-order valence-corrected chi connectivity index (χ0v) is 6.63. The third kappa shape index (κ3) is 1.51. The van der Waals surface area contributed by atoms with Crippen LogP contribution in [0, 0.1) is 6.26 Å². The first-order valence-corrected chi connectivity index (χ1v) is 3.69. The van der Waals surface area contributed by atoms with Crippen LogP contribution in [0.15, 0.2) is 9.95 Å². The molecule has 0 amide bonds. The van der Waals surface area contributed by atoms with Gasteiger partial charge in [-0.2, -0.15) is 4.98 Å². The van der Waals surface area contributed by atoms with Gasteiger partial charge in [0.15, 0.2) is 5.16 Å². The van der Waals surface area contributed by atoms with Crippen LogP contribution in [0.3, 0.4) is 0 Å². The topological polar surface area (TPSA) is 68.0 Å². The van der Waals surface area contributed by atoms with Gasteiger partial charge in [0.05, 0.1) is 0 Å². The van der Waals surface area contributed by atoms with Crippen molar-refractivity contribution in [3.05, 3.63) is 16.7 Å². The quantitative estimate of drug-likeness (QED) is 0.592. The first kappa shape index (κ1) is 8.06. The van der Waals surface area contributed by atoms with Gasteiger partial charge >= 0.3 is 11.7 Å². The van der Waals surface area contributed by atoms with Crippen molar-refractivity contribution in [2.45, 2.75) is 5.16 Å². The molecule has 59 valence electrons. The molecule has 1 heterocycles. The van der Waals surface area contributed by atoms with Crippen LogP contribution in [-0.4, -0.2) is 19.6 Å². The highest BCUT2D eigenvalue weighted by Gasteiger charge is 2.03. The maximum absolute atomic E-state index is 10.8. The second-order valence-corrected chi connectivity index (χ2v) is 2.45. The summed E-state index contributed by atoms with van der Waals surface area (Å²) in [5.74, 6) is 0. The monoisotopic (exact) mass is 172 g/mol. The Balaban J connectivity index is 3.36. The summed E-state index contributed by atoms with van der Waals surface area (Å²) >= 11 is 1.03. The molecule has 0 saturated heterocycles. The summed E-state index contributed by atoms with van der Waals surface area (Å²) in [6.07, 6.45) is 3.45. The lowest BCUT2D eigenvalue weighted by atomic mass is 10.9. The van der Waals surface area contributed by atoms with Crippen LogP contribution in [0.5, 0.6) is 6.01 Å². The van der Waals surface area contributed by atoms with Gasteiger partial charge in [-0.05, 0) is 0 Å². The second kappa shape index (κ2) is 2.91. The van der Waals surface area contributed by atoms with Crippen molar-refractivity contribution < 1.29 is 5.11 Å². The third-order valence-electron chi connectivity index (χ3n) is 1.09. The normalized spacial score (nSPS) is 10.0. The summed E-state index contributed by atoms with van der Waals surface area (Å²) in [7, 11) is 1.51. The van der Waals surface area contributed by atoms with Gasteiger partial charge in [0, 0.05) is 13.3 Å². The molecule has 0 aromatic carbocycles. The van der Waals surface area contributed by atoms with Crippen molar-refractivity contribution in [3.63, 3.8) is 0 Å². The second-order valence-electron chi connectivity index (χ2n) is 1.79. The molecule has 1 aromatic heterocycles. The summed E-state index contributed by atoms with van der Waals surface area (Å²) in [5, 5.41) is 9.11. The van der Waals surface area contributed by atoms with Gasteiger partial charge in [0.25, 0.3) is 0 Å². The Kier molecular flexibility index (Phi) is 2.13. The third-order valence-corrected chi connectivity index (χ3v) is 1.72. The molecule has 11 heavy (non-hydrogen) atoms. The molecular weight excluding hydrogens is 166 g/mol. The van der Waals surface area contributed by atoms with Crippen LogP contribution >= 0.6 is 11.8 Å². The van der Waals surface area contributed by atoms with E-state index in [1.165, 1.54) is 11.6 Å². The molecule has 1 aromatic rings. The van der Waals surface area contributed by atoms with Gasteiger partial charge in [-0.1, -0.05) is 11.8 Å². The highest BCUT2D eigenvalue weighted by Crippen LogP contribution is 2.10. The number of thioether (sulfide) groups is 1. The number of rotatable bonds is 1. The Morgan fingerprint density at radius 3 is 2.82 bits per heavy atom. The average molecular weight is 172 g/mol. The molecule has 1 N–H and O–H groups in total. The maximum atomic E-state index is 10.8. The average Bonchev–Trinajstić information content (AvgIpc) is 1.96. The molecule has 1 radical (unpaired) electrons. The van der Waals surface area contributed by atoms with E-state index in [0.29, 0.717) is 5.16 Å². The molecule has 0 spiro atoms. The van der Waals surface area contributed by atoms with E-state index in [4.69, 9.17) is 5.11 Å². The fraction of sp³-hybridized carbons (Fsp3) is 0.200. The van der Waals surface area contributed by atoms with Crippen LogP contribution in [0.25, 0.3) is 0 Å². The predicted molar refractivity (Wildman–Crippen MR) is 40.2 cm³/mol. The molecule has 0 atom stereocenters. The van der Waals surface area contributed by atoms with Crippen molar-refractivity contribution in [2.24, 2.45) is 7.05 Å². The van der Waals surface area contributed by atoms with E-state index in [2.05, 4.69) is 16.2 Å². The molecular formula is C5H6N3O2S. The van der Waals surface area contributed by atoms with Crippen LogP contribution in [0.2, 0.25) is 0 Å². The van der Waals surface area contributed by atoms with Gasteiger partial charge in [-0.3, -0.25) is 4.57 Å². The van der Waals surface area contributed by atoms with E-state index in [9.17, 15) is 4.79 Å². The standard InChI is InChI=1S/C5H6N3O2S/c1-8-4(10)6-3(9)7-5(8)11-2/h2H2,1H3,(H,6,9,10).